The van der Waals surface area contributed by atoms with Crippen LogP contribution in [0.15, 0.2) is 175 Å². The third-order valence-corrected chi connectivity index (χ3v) is 11.1. The predicted molar refractivity (Wildman–Crippen MR) is 231 cm³/mol. The molecule has 0 aromatic heterocycles. The zero-order chi connectivity index (χ0) is 42.9. The molecule has 5 aromatic rings. The summed E-state index contributed by atoms with van der Waals surface area (Å²) in [6.45, 7) is 5.13. The van der Waals surface area contributed by atoms with Gasteiger partial charge in [-0.25, -0.2) is 14.4 Å². The number of thioether (sulfide) groups is 1. The number of β-lactam (4-membered cyclic amide) rings is 1. The van der Waals surface area contributed by atoms with Gasteiger partial charge in [0.25, 0.3) is 5.91 Å². The Morgan fingerprint density at radius 2 is 1.11 bits per heavy atom. The van der Waals surface area contributed by atoms with Crippen LogP contribution < -0.4 is 10.6 Å². The summed E-state index contributed by atoms with van der Waals surface area (Å²) in [6, 6.07) is 43.6. The molecule has 0 spiro atoms. The maximum atomic E-state index is 14.6. The Morgan fingerprint density at radius 3 is 1.57 bits per heavy atom. The van der Waals surface area contributed by atoms with Crippen molar-refractivity contribution in [3.8, 4) is 0 Å². The summed E-state index contributed by atoms with van der Waals surface area (Å²) in [7, 11) is 0. The molecule has 0 saturated carbocycles. The summed E-state index contributed by atoms with van der Waals surface area (Å²) in [6.07, 6.45) is 0.375. The Labute approximate surface area is 358 Å². The quantitative estimate of drug-likeness (QED) is 0.0521. The van der Waals surface area contributed by atoms with E-state index in [-0.39, 0.29) is 11.4 Å². The lowest BCUT2D eigenvalue weighted by molar-refractivity contribution is -0.154. The number of fused-ring (bicyclic) bond motifs is 1. The van der Waals surface area contributed by atoms with E-state index >= 15 is 0 Å². The molecule has 3 atom stereocenters. The van der Waals surface area contributed by atoms with E-state index in [1.807, 2.05) is 121 Å². The molecule has 1 fully saturated rings. The van der Waals surface area contributed by atoms with E-state index in [2.05, 4.69) is 10.6 Å². The average molecular weight is 836 g/mol. The Balaban J connectivity index is 1.18. The van der Waals surface area contributed by atoms with Gasteiger partial charge in [-0.05, 0) is 60.2 Å². The number of nitrogens with one attached hydrogen (secondary N) is 2. The van der Waals surface area contributed by atoms with Gasteiger partial charge in [-0.15, -0.1) is 11.8 Å². The maximum absolute atomic E-state index is 14.6. The molecule has 3 amide bonds. The fraction of sp³-hybridized carbons (Fsp3) is 0.204. The molecule has 12 heteroatoms. The number of amides is 3. The van der Waals surface area contributed by atoms with Gasteiger partial charge in [-0.1, -0.05) is 152 Å². The summed E-state index contributed by atoms with van der Waals surface area (Å²) in [5, 5.41) is 4.74. The van der Waals surface area contributed by atoms with Crippen molar-refractivity contribution in [1.29, 1.82) is 0 Å². The zero-order valence-electron chi connectivity index (χ0n) is 33.8. The standard InChI is InChI=1S/C49H45N3O8S/c1-49(2,3)60-48(57)51-39(32-19-9-4-10-20-32)44(54)50-40-45(55)52-41(47(56)59-43(35-25-15-7-16-26-35)36-27-17-8-18-28-36)37(31-61-46(40)52)29-30-38(53)58-42(33-21-11-5-12-22-33)34-23-13-6-14-24-34/h4-30,39-40,42-43,46H,31H2,1-3H3,(H,50,54)(H,51,57)/t39?,40-,46+/m1/s1. The fourth-order valence-electron chi connectivity index (χ4n) is 7.02. The van der Waals surface area contributed by atoms with E-state index < -0.39 is 65.1 Å². The van der Waals surface area contributed by atoms with Crippen LogP contribution in [-0.2, 0) is 33.4 Å². The largest absolute Gasteiger partial charge is 0.449 e. The van der Waals surface area contributed by atoms with Gasteiger partial charge < -0.3 is 24.8 Å². The second kappa shape index (κ2) is 19.0. The van der Waals surface area contributed by atoms with Gasteiger partial charge >= 0.3 is 18.0 Å². The third-order valence-electron chi connectivity index (χ3n) is 9.83. The van der Waals surface area contributed by atoms with Crippen LogP contribution in [0.4, 0.5) is 4.79 Å². The number of nitrogens with zero attached hydrogens (tertiary/aromatic N) is 1. The summed E-state index contributed by atoms with van der Waals surface area (Å²) in [5.74, 6) is -2.50. The monoisotopic (exact) mass is 835 g/mol. The highest BCUT2D eigenvalue weighted by Gasteiger charge is 2.55. The van der Waals surface area contributed by atoms with E-state index in [9.17, 15) is 24.0 Å². The fourth-order valence-corrected chi connectivity index (χ4v) is 8.34. The van der Waals surface area contributed by atoms with Crippen molar-refractivity contribution in [2.45, 2.75) is 56.0 Å². The lowest BCUT2D eigenvalue weighted by atomic mass is 9.99. The minimum Gasteiger partial charge on any atom is -0.449 e. The lowest BCUT2D eigenvalue weighted by Gasteiger charge is -2.49. The van der Waals surface area contributed by atoms with Crippen molar-refractivity contribution in [1.82, 2.24) is 15.5 Å². The molecule has 0 radical (unpaired) electrons. The smallest absolute Gasteiger partial charge is 0.408 e. The van der Waals surface area contributed by atoms with Gasteiger partial charge in [-0.3, -0.25) is 14.5 Å². The van der Waals surface area contributed by atoms with Gasteiger partial charge in [0, 0.05) is 11.8 Å². The number of allylic oxidation sites excluding steroid dienone is 1. The van der Waals surface area contributed by atoms with Gasteiger partial charge in [0.05, 0.1) is 0 Å². The van der Waals surface area contributed by atoms with E-state index in [0.29, 0.717) is 22.3 Å². The summed E-state index contributed by atoms with van der Waals surface area (Å²) >= 11 is 1.31. The van der Waals surface area contributed by atoms with Crippen LogP contribution in [-0.4, -0.2) is 57.5 Å². The van der Waals surface area contributed by atoms with Gasteiger partial charge in [0.2, 0.25) is 5.91 Å². The number of ether oxygens (including phenoxy) is 3. The molecule has 5 aromatic carbocycles. The molecule has 0 bridgehead atoms. The predicted octanol–water partition coefficient (Wildman–Crippen LogP) is 8.13. The van der Waals surface area contributed by atoms with Crippen molar-refractivity contribution < 1.29 is 38.2 Å². The number of benzene rings is 5. The number of esters is 2. The number of hydrogen-bond acceptors (Lipinski definition) is 9. The van der Waals surface area contributed by atoms with Crippen molar-refractivity contribution >= 4 is 41.6 Å². The Morgan fingerprint density at radius 1 is 0.672 bits per heavy atom. The second-order valence-electron chi connectivity index (χ2n) is 15.3. The molecule has 2 aliphatic rings. The number of carbonyl (C=O) groups is 5. The van der Waals surface area contributed by atoms with Gasteiger partial charge in [0.1, 0.15) is 28.8 Å². The minimum absolute atomic E-state index is 0.0608. The molecule has 2 aliphatic heterocycles. The van der Waals surface area contributed by atoms with E-state index in [1.165, 1.54) is 28.8 Å². The molecule has 2 N–H and O–H groups in total. The molecule has 1 unspecified atom stereocenters. The highest BCUT2D eigenvalue weighted by atomic mass is 32.2. The van der Waals surface area contributed by atoms with Crippen molar-refractivity contribution in [2.24, 2.45) is 0 Å². The summed E-state index contributed by atoms with van der Waals surface area (Å²) in [4.78, 5) is 70.5. The summed E-state index contributed by atoms with van der Waals surface area (Å²) in [5.41, 5.74) is 2.92. The van der Waals surface area contributed by atoms with E-state index in [1.54, 1.807) is 51.1 Å². The van der Waals surface area contributed by atoms with Crippen LogP contribution in [0.2, 0.25) is 0 Å². The first kappa shape index (κ1) is 42.2. The van der Waals surface area contributed by atoms with Crippen LogP contribution in [0.5, 0.6) is 0 Å². The van der Waals surface area contributed by atoms with Crippen LogP contribution in [0.1, 0.15) is 66.8 Å². The average Bonchev–Trinajstić information content (AvgIpc) is 3.28. The van der Waals surface area contributed by atoms with E-state index in [0.717, 1.165) is 11.1 Å². The normalized spacial score (nSPS) is 16.7. The third kappa shape index (κ3) is 10.3. The number of rotatable bonds is 13. The van der Waals surface area contributed by atoms with Crippen LogP contribution in [0.25, 0.3) is 0 Å². The minimum atomic E-state index is -1.19. The van der Waals surface area contributed by atoms with Gasteiger partial charge in [-0.2, -0.15) is 0 Å². The number of carbonyl (C=O) groups excluding carboxylic acids is 5. The Kier molecular flexibility index (Phi) is 13.1. The lowest BCUT2D eigenvalue weighted by Crippen LogP contribution is -2.71. The first-order chi connectivity index (χ1) is 29.5. The highest BCUT2D eigenvalue weighted by molar-refractivity contribution is 8.00. The first-order valence-electron chi connectivity index (χ1n) is 19.8. The molecule has 11 nitrogen and oxygen atoms in total. The highest BCUT2D eigenvalue weighted by Crippen LogP contribution is 2.42. The Hall–Kier alpha value is -6.92. The number of hydrogen-bond donors (Lipinski definition) is 2. The van der Waals surface area contributed by atoms with Crippen molar-refractivity contribution in [3.63, 3.8) is 0 Å². The molecular formula is C49H45N3O8S. The first-order valence-corrected chi connectivity index (χ1v) is 20.8. The topological polar surface area (TPSA) is 140 Å². The molecule has 7 rings (SSSR count). The van der Waals surface area contributed by atoms with Crippen LogP contribution >= 0.6 is 11.8 Å². The summed E-state index contributed by atoms with van der Waals surface area (Å²) < 4.78 is 17.7. The molecular weight excluding hydrogens is 791 g/mol. The van der Waals surface area contributed by atoms with Crippen LogP contribution in [0.3, 0.4) is 0 Å². The zero-order valence-corrected chi connectivity index (χ0v) is 34.6. The van der Waals surface area contributed by atoms with Crippen molar-refractivity contribution in [2.75, 3.05) is 5.75 Å². The van der Waals surface area contributed by atoms with Crippen molar-refractivity contribution in [3.05, 3.63) is 203 Å². The second-order valence-corrected chi connectivity index (χ2v) is 16.4. The molecule has 0 aliphatic carbocycles. The molecule has 2 heterocycles. The molecule has 1 saturated heterocycles. The number of alkyl carbamates (subject to hydrolysis) is 1. The maximum Gasteiger partial charge on any atom is 0.408 e. The van der Waals surface area contributed by atoms with Crippen LogP contribution in [0, 0.1) is 0 Å². The molecule has 310 valence electrons. The van der Waals surface area contributed by atoms with Gasteiger partial charge in [0.15, 0.2) is 12.2 Å². The Bertz CT molecular complexity index is 2330. The molecule has 61 heavy (non-hydrogen) atoms. The SMILES string of the molecule is CC(C)(C)OC(=O)NC(C(=O)N[C@@H]1C(=O)N2C(C(=O)OC(c3ccccc3)c3ccccc3)=C(C=CC(=O)OC(c3ccccc3)c3ccccc3)CS[C@@H]12)c1ccccc1. The van der Waals surface area contributed by atoms with E-state index in [4.69, 9.17) is 14.2 Å².